The Labute approximate surface area is 130 Å². The number of benzene rings is 1. The van der Waals surface area contributed by atoms with E-state index >= 15 is 0 Å². The molecule has 2 rings (SSSR count). The van der Waals surface area contributed by atoms with Crippen molar-refractivity contribution in [2.24, 2.45) is 0 Å². The maximum Gasteiger partial charge on any atom is 0.253 e. The van der Waals surface area contributed by atoms with Gasteiger partial charge in [-0.05, 0) is 43.7 Å². The van der Waals surface area contributed by atoms with E-state index in [1.165, 1.54) is 0 Å². The number of amides is 1. The Morgan fingerprint density at radius 3 is 2.45 bits per heavy atom. The molecule has 0 unspecified atom stereocenters. The minimum absolute atomic E-state index is 0.173. The first-order valence-corrected chi connectivity index (χ1v) is 6.93. The minimum atomic E-state index is -0.563. The lowest BCUT2D eigenvalue weighted by atomic mass is 9.93. The Kier molecular flexibility index (Phi) is 4.65. The van der Waals surface area contributed by atoms with Crippen molar-refractivity contribution in [2.75, 3.05) is 14.2 Å². The molecular formula is C17H20N2O3. The van der Waals surface area contributed by atoms with Crippen LogP contribution in [0.25, 0.3) is 0 Å². The summed E-state index contributed by atoms with van der Waals surface area (Å²) in [7, 11) is 3.18. The topological polar surface area (TPSA) is 60.5 Å². The summed E-state index contributed by atoms with van der Waals surface area (Å²) in [5, 5.41) is 3.00. The molecule has 22 heavy (non-hydrogen) atoms. The molecular weight excluding hydrogens is 280 g/mol. The number of ether oxygens (including phenoxy) is 2. The molecule has 5 heteroatoms. The molecule has 0 radical (unpaired) electrons. The fourth-order valence-electron chi connectivity index (χ4n) is 2.15. The van der Waals surface area contributed by atoms with Gasteiger partial charge in [0.1, 0.15) is 0 Å². The Bertz CT molecular complexity index is 654. The molecule has 1 amide bonds. The molecule has 0 saturated carbocycles. The van der Waals surface area contributed by atoms with E-state index in [9.17, 15) is 4.79 Å². The number of hydrogen-bond acceptors (Lipinski definition) is 4. The molecule has 0 aliphatic rings. The van der Waals surface area contributed by atoms with Gasteiger partial charge in [0, 0.05) is 12.4 Å². The highest BCUT2D eigenvalue weighted by molar-refractivity contribution is 5.94. The highest BCUT2D eigenvalue weighted by atomic mass is 16.5. The zero-order valence-electron chi connectivity index (χ0n) is 13.2. The molecule has 1 heterocycles. The molecule has 5 nitrogen and oxygen atoms in total. The van der Waals surface area contributed by atoms with Gasteiger partial charge in [-0.15, -0.1) is 0 Å². The number of pyridine rings is 1. The Balaban J connectivity index is 2.25. The number of carbonyl (C=O) groups excluding carboxylic acids is 1. The van der Waals surface area contributed by atoms with Crippen molar-refractivity contribution in [3.63, 3.8) is 0 Å². The summed E-state index contributed by atoms with van der Waals surface area (Å²) in [6.07, 6.45) is 3.18. The number of aromatic nitrogens is 1. The highest BCUT2D eigenvalue weighted by Crippen LogP contribution is 2.32. The number of carbonyl (C=O) groups is 1. The van der Waals surface area contributed by atoms with Crippen molar-refractivity contribution < 1.29 is 14.3 Å². The first-order chi connectivity index (χ1) is 10.5. The molecule has 0 bridgehead atoms. The fourth-order valence-corrected chi connectivity index (χ4v) is 2.15. The van der Waals surface area contributed by atoms with Gasteiger partial charge in [-0.1, -0.05) is 6.07 Å². The van der Waals surface area contributed by atoms with E-state index in [4.69, 9.17) is 9.47 Å². The second-order valence-electron chi connectivity index (χ2n) is 5.39. The molecule has 0 fully saturated rings. The second-order valence-corrected chi connectivity index (χ2v) is 5.39. The minimum Gasteiger partial charge on any atom is -0.493 e. The Morgan fingerprint density at radius 2 is 1.86 bits per heavy atom. The van der Waals surface area contributed by atoms with Crippen LogP contribution in [0.3, 0.4) is 0 Å². The van der Waals surface area contributed by atoms with Crippen LogP contribution < -0.4 is 14.8 Å². The number of nitrogens with one attached hydrogen (secondary N) is 1. The summed E-state index contributed by atoms with van der Waals surface area (Å²) >= 11 is 0. The summed E-state index contributed by atoms with van der Waals surface area (Å²) in [6.45, 7) is 3.87. The standard InChI is InChI=1S/C17H20N2O3/c1-17(2,19-16(20)12-6-5-9-18-11-12)13-7-8-14(21-3)15(10-13)22-4/h5-11H,1-4H3,(H,19,20). The van der Waals surface area contributed by atoms with Gasteiger partial charge < -0.3 is 14.8 Å². The third-order valence-corrected chi connectivity index (χ3v) is 3.45. The normalized spacial score (nSPS) is 10.9. The van der Waals surface area contributed by atoms with E-state index < -0.39 is 5.54 Å². The zero-order chi connectivity index (χ0) is 16.2. The second kappa shape index (κ2) is 6.47. The lowest BCUT2D eigenvalue weighted by Gasteiger charge is -2.27. The molecule has 1 aromatic heterocycles. The Hall–Kier alpha value is -2.56. The summed E-state index contributed by atoms with van der Waals surface area (Å²) in [6, 6.07) is 9.06. The summed E-state index contributed by atoms with van der Waals surface area (Å²) in [5.74, 6) is 1.11. The van der Waals surface area contributed by atoms with Crippen LogP contribution in [0.4, 0.5) is 0 Å². The van der Waals surface area contributed by atoms with Crippen LogP contribution in [-0.4, -0.2) is 25.1 Å². The van der Waals surface area contributed by atoms with Crippen molar-refractivity contribution in [1.82, 2.24) is 10.3 Å². The van der Waals surface area contributed by atoms with E-state index in [2.05, 4.69) is 10.3 Å². The molecule has 0 saturated heterocycles. The molecule has 1 aromatic carbocycles. The van der Waals surface area contributed by atoms with Gasteiger partial charge in [0.25, 0.3) is 5.91 Å². The van der Waals surface area contributed by atoms with E-state index in [-0.39, 0.29) is 5.91 Å². The lowest BCUT2D eigenvalue weighted by molar-refractivity contribution is 0.0911. The predicted molar refractivity (Wildman–Crippen MR) is 84.3 cm³/mol. The molecule has 2 aromatic rings. The van der Waals surface area contributed by atoms with Crippen LogP contribution in [0.15, 0.2) is 42.7 Å². The van der Waals surface area contributed by atoms with Crippen LogP contribution in [-0.2, 0) is 5.54 Å². The van der Waals surface area contributed by atoms with E-state index in [0.29, 0.717) is 17.1 Å². The van der Waals surface area contributed by atoms with Crippen molar-refractivity contribution in [2.45, 2.75) is 19.4 Å². The first kappa shape index (κ1) is 15.8. The Morgan fingerprint density at radius 1 is 1.14 bits per heavy atom. The van der Waals surface area contributed by atoms with Gasteiger partial charge in [-0.25, -0.2) is 0 Å². The average Bonchev–Trinajstić information content (AvgIpc) is 2.54. The van der Waals surface area contributed by atoms with E-state index in [1.807, 2.05) is 32.0 Å². The largest absolute Gasteiger partial charge is 0.493 e. The first-order valence-electron chi connectivity index (χ1n) is 6.93. The van der Waals surface area contributed by atoms with Crippen molar-refractivity contribution in [3.8, 4) is 11.5 Å². The summed E-state index contributed by atoms with van der Waals surface area (Å²) in [5.41, 5.74) is 0.880. The molecule has 1 N–H and O–H groups in total. The molecule has 0 aliphatic heterocycles. The van der Waals surface area contributed by atoms with E-state index in [0.717, 1.165) is 5.56 Å². The van der Waals surface area contributed by atoms with Gasteiger partial charge in [0.15, 0.2) is 11.5 Å². The number of rotatable bonds is 5. The SMILES string of the molecule is COc1ccc(C(C)(C)NC(=O)c2cccnc2)cc1OC. The van der Waals surface area contributed by atoms with Crippen LogP contribution in [0.1, 0.15) is 29.8 Å². The quantitative estimate of drug-likeness (QED) is 0.922. The van der Waals surface area contributed by atoms with Gasteiger partial charge in [0.2, 0.25) is 0 Å². The number of methoxy groups -OCH3 is 2. The summed E-state index contributed by atoms with van der Waals surface area (Å²) < 4.78 is 10.5. The maximum atomic E-state index is 12.3. The number of nitrogens with zero attached hydrogens (tertiary/aromatic N) is 1. The molecule has 0 atom stereocenters. The van der Waals surface area contributed by atoms with Crippen molar-refractivity contribution in [3.05, 3.63) is 53.9 Å². The van der Waals surface area contributed by atoms with Gasteiger partial charge >= 0.3 is 0 Å². The highest BCUT2D eigenvalue weighted by Gasteiger charge is 2.24. The van der Waals surface area contributed by atoms with Gasteiger partial charge in [0.05, 0.1) is 25.3 Å². The lowest BCUT2D eigenvalue weighted by Crippen LogP contribution is -2.41. The monoisotopic (exact) mass is 300 g/mol. The predicted octanol–water partition coefficient (Wildman–Crippen LogP) is 2.76. The van der Waals surface area contributed by atoms with Crippen LogP contribution in [0.2, 0.25) is 0 Å². The fraction of sp³-hybridized carbons (Fsp3) is 0.294. The third kappa shape index (κ3) is 3.36. The zero-order valence-corrected chi connectivity index (χ0v) is 13.2. The van der Waals surface area contributed by atoms with E-state index in [1.54, 1.807) is 38.7 Å². The van der Waals surface area contributed by atoms with Gasteiger partial charge in [-0.2, -0.15) is 0 Å². The van der Waals surface area contributed by atoms with Gasteiger partial charge in [-0.3, -0.25) is 9.78 Å². The third-order valence-electron chi connectivity index (χ3n) is 3.45. The maximum absolute atomic E-state index is 12.3. The van der Waals surface area contributed by atoms with Crippen LogP contribution in [0, 0.1) is 0 Å². The van der Waals surface area contributed by atoms with Crippen LogP contribution in [0.5, 0.6) is 11.5 Å². The molecule has 0 aliphatic carbocycles. The summed E-state index contributed by atoms with van der Waals surface area (Å²) in [4.78, 5) is 16.3. The number of hydrogen-bond donors (Lipinski definition) is 1. The van der Waals surface area contributed by atoms with Crippen molar-refractivity contribution >= 4 is 5.91 Å². The average molecular weight is 300 g/mol. The molecule has 116 valence electrons. The molecule has 0 spiro atoms. The smallest absolute Gasteiger partial charge is 0.253 e. The van der Waals surface area contributed by atoms with Crippen LogP contribution >= 0.6 is 0 Å². The van der Waals surface area contributed by atoms with Crippen molar-refractivity contribution in [1.29, 1.82) is 0 Å².